The summed E-state index contributed by atoms with van der Waals surface area (Å²) in [5.74, 6) is -1.65. The molecule has 0 spiro atoms. The van der Waals surface area contributed by atoms with Crippen LogP contribution in [0.5, 0.6) is 0 Å². The summed E-state index contributed by atoms with van der Waals surface area (Å²) >= 11 is 6.22. The van der Waals surface area contributed by atoms with Gasteiger partial charge in [0.2, 0.25) is 11.8 Å². The number of nitrogens with two attached hydrogens (primary N) is 1. The fraction of sp³-hybridized carbons (Fsp3) is 0.263. The lowest BCUT2D eigenvalue weighted by atomic mass is 10.0. The number of halogens is 2. The molecule has 0 radical (unpaired) electrons. The minimum Gasteiger partial charge on any atom is -0.370 e. The third kappa shape index (κ3) is 3.96. The van der Waals surface area contributed by atoms with Crippen LogP contribution in [0.25, 0.3) is 0 Å². The molecule has 26 heavy (non-hydrogen) atoms. The molecule has 3 rings (SSSR count). The first kappa shape index (κ1) is 18.2. The Balaban J connectivity index is 1.68. The van der Waals surface area contributed by atoms with Gasteiger partial charge in [-0.3, -0.25) is 9.59 Å². The zero-order valence-electron chi connectivity index (χ0n) is 14.0. The van der Waals surface area contributed by atoms with E-state index in [0.29, 0.717) is 30.1 Å². The molecule has 1 saturated heterocycles. The standard InChI is InChI=1S/C19H19ClFN3O2/c20-15-3-1-2-4-16(15)24-10-9-13(11-24)19(26)23-17(18(22)25)12-5-7-14(21)8-6-12/h1-8,13,17H,9-11H2,(H2,22,25)(H,23,26). The molecule has 2 aromatic carbocycles. The average molecular weight is 376 g/mol. The smallest absolute Gasteiger partial charge is 0.244 e. The molecule has 1 aliphatic heterocycles. The second-order valence-electron chi connectivity index (χ2n) is 6.28. The molecule has 136 valence electrons. The molecule has 2 atom stereocenters. The van der Waals surface area contributed by atoms with Gasteiger partial charge in [-0.25, -0.2) is 4.39 Å². The predicted molar refractivity (Wildman–Crippen MR) is 98.3 cm³/mol. The molecule has 1 aliphatic rings. The van der Waals surface area contributed by atoms with E-state index in [-0.39, 0.29) is 11.8 Å². The molecule has 1 heterocycles. The number of carbonyl (C=O) groups is 2. The quantitative estimate of drug-likeness (QED) is 0.843. The zero-order chi connectivity index (χ0) is 18.7. The zero-order valence-corrected chi connectivity index (χ0v) is 14.7. The van der Waals surface area contributed by atoms with Crippen molar-refractivity contribution in [1.29, 1.82) is 0 Å². The fourth-order valence-electron chi connectivity index (χ4n) is 3.14. The minimum atomic E-state index is -0.988. The van der Waals surface area contributed by atoms with Crippen molar-refractivity contribution < 1.29 is 14.0 Å². The maximum Gasteiger partial charge on any atom is 0.244 e. The Bertz CT molecular complexity index is 813. The van der Waals surface area contributed by atoms with Crippen LogP contribution < -0.4 is 16.0 Å². The number of primary amides is 1. The molecule has 2 amide bonds. The van der Waals surface area contributed by atoms with E-state index < -0.39 is 17.8 Å². The molecule has 0 bridgehead atoms. The van der Waals surface area contributed by atoms with Gasteiger partial charge in [0.05, 0.1) is 16.6 Å². The number of para-hydroxylation sites is 1. The first-order chi connectivity index (χ1) is 12.5. The maximum absolute atomic E-state index is 13.1. The van der Waals surface area contributed by atoms with E-state index in [9.17, 15) is 14.0 Å². The molecular weight excluding hydrogens is 357 g/mol. The van der Waals surface area contributed by atoms with Crippen molar-refractivity contribution in [3.8, 4) is 0 Å². The summed E-state index contributed by atoms with van der Waals surface area (Å²) in [5, 5.41) is 3.32. The molecule has 0 aliphatic carbocycles. The molecular formula is C19H19ClFN3O2. The number of nitrogens with one attached hydrogen (secondary N) is 1. The van der Waals surface area contributed by atoms with Crippen LogP contribution in [-0.2, 0) is 9.59 Å². The second kappa shape index (κ2) is 7.74. The van der Waals surface area contributed by atoms with Crippen LogP contribution >= 0.6 is 11.6 Å². The summed E-state index contributed by atoms with van der Waals surface area (Å²) in [6.45, 7) is 1.20. The summed E-state index contributed by atoms with van der Waals surface area (Å²) in [4.78, 5) is 26.4. The molecule has 5 nitrogen and oxygen atoms in total. The number of anilines is 1. The molecule has 2 unspecified atom stereocenters. The van der Waals surface area contributed by atoms with Gasteiger partial charge in [-0.15, -0.1) is 0 Å². The largest absolute Gasteiger partial charge is 0.370 e. The van der Waals surface area contributed by atoms with Gasteiger partial charge in [-0.05, 0) is 36.2 Å². The van der Waals surface area contributed by atoms with Crippen LogP contribution in [0.15, 0.2) is 48.5 Å². The average Bonchev–Trinajstić information content (AvgIpc) is 3.10. The number of benzene rings is 2. The lowest BCUT2D eigenvalue weighted by Crippen LogP contribution is -2.41. The van der Waals surface area contributed by atoms with E-state index in [0.717, 1.165) is 5.69 Å². The normalized spacial score (nSPS) is 17.8. The summed E-state index contributed by atoms with van der Waals surface area (Å²) in [6, 6.07) is 11.8. The highest BCUT2D eigenvalue weighted by molar-refractivity contribution is 6.33. The van der Waals surface area contributed by atoms with Gasteiger partial charge in [0.15, 0.2) is 0 Å². The van der Waals surface area contributed by atoms with Gasteiger partial charge in [0.25, 0.3) is 0 Å². The highest BCUT2D eigenvalue weighted by atomic mass is 35.5. The Kier molecular flexibility index (Phi) is 5.42. The highest BCUT2D eigenvalue weighted by Crippen LogP contribution is 2.30. The lowest BCUT2D eigenvalue weighted by molar-refractivity contribution is -0.129. The van der Waals surface area contributed by atoms with E-state index in [1.54, 1.807) is 0 Å². The molecule has 0 aromatic heterocycles. The van der Waals surface area contributed by atoms with E-state index in [1.807, 2.05) is 29.2 Å². The van der Waals surface area contributed by atoms with Crippen LogP contribution in [0.4, 0.5) is 10.1 Å². The van der Waals surface area contributed by atoms with E-state index >= 15 is 0 Å². The second-order valence-corrected chi connectivity index (χ2v) is 6.69. The van der Waals surface area contributed by atoms with Gasteiger partial charge >= 0.3 is 0 Å². The van der Waals surface area contributed by atoms with Crippen molar-refractivity contribution in [2.24, 2.45) is 11.7 Å². The molecule has 3 N–H and O–H groups in total. The Labute approximate surface area is 155 Å². The summed E-state index contributed by atoms with van der Waals surface area (Å²) in [7, 11) is 0. The van der Waals surface area contributed by atoms with Gasteiger partial charge in [-0.2, -0.15) is 0 Å². The van der Waals surface area contributed by atoms with Crippen LogP contribution in [0.2, 0.25) is 5.02 Å². The van der Waals surface area contributed by atoms with Crippen LogP contribution in [0.1, 0.15) is 18.0 Å². The summed E-state index contributed by atoms with van der Waals surface area (Å²) < 4.78 is 13.1. The van der Waals surface area contributed by atoms with E-state index in [4.69, 9.17) is 17.3 Å². The van der Waals surface area contributed by atoms with Crippen molar-refractivity contribution >= 4 is 29.1 Å². The van der Waals surface area contributed by atoms with E-state index in [2.05, 4.69) is 5.32 Å². The van der Waals surface area contributed by atoms with Crippen molar-refractivity contribution in [3.63, 3.8) is 0 Å². The minimum absolute atomic E-state index is 0.257. The number of rotatable bonds is 5. The SMILES string of the molecule is NC(=O)C(NC(=O)C1CCN(c2ccccc2Cl)C1)c1ccc(F)cc1. The van der Waals surface area contributed by atoms with Crippen molar-refractivity contribution in [3.05, 3.63) is 64.9 Å². The van der Waals surface area contributed by atoms with Gasteiger partial charge in [0.1, 0.15) is 11.9 Å². The third-order valence-electron chi connectivity index (χ3n) is 4.53. The van der Waals surface area contributed by atoms with Crippen molar-refractivity contribution in [1.82, 2.24) is 5.32 Å². The van der Waals surface area contributed by atoms with Crippen LogP contribution in [0.3, 0.4) is 0 Å². The fourth-order valence-corrected chi connectivity index (χ4v) is 3.39. The summed E-state index contributed by atoms with van der Waals surface area (Å²) in [6.07, 6.45) is 0.645. The van der Waals surface area contributed by atoms with Crippen LogP contribution in [0, 0.1) is 11.7 Å². The third-order valence-corrected chi connectivity index (χ3v) is 4.85. The Morgan fingerprint density at radius 2 is 1.88 bits per heavy atom. The first-order valence-corrected chi connectivity index (χ1v) is 8.68. The summed E-state index contributed by atoms with van der Waals surface area (Å²) in [5.41, 5.74) is 6.75. The van der Waals surface area contributed by atoms with Gasteiger partial charge in [0, 0.05) is 13.1 Å². The molecule has 1 fully saturated rings. The van der Waals surface area contributed by atoms with Crippen molar-refractivity contribution in [2.45, 2.75) is 12.5 Å². The number of hydrogen-bond donors (Lipinski definition) is 2. The molecule has 2 aromatic rings. The van der Waals surface area contributed by atoms with Crippen LogP contribution in [-0.4, -0.2) is 24.9 Å². The number of carbonyl (C=O) groups excluding carboxylic acids is 2. The molecule has 0 saturated carbocycles. The van der Waals surface area contributed by atoms with Gasteiger partial charge < -0.3 is 16.0 Å². The maximum atomic E-state index is 13.1. The number of hydrogen-bond acceptors (Lipinski definition) is 3. The Hall–Kier alpha value is -2.60. The lowest BCUT2D eigenvalue weighted by Gasteiger charge is -2.21. The van der Waals surface area contributed by atoms with E-state index in [1.165, 1.54) is 24.3 Å². The van der Waals surface area contributed by atoms with Crippen molar-refractivity contribution in [2.75, 3.05) is 18.0 Å². The highest BCUT2D eigenvalue weighted by Gasteiger charge is 2.31. The number of nitrogens with zero attached hydrogens (tertiary/aromatic N) is 1. The Morgan fingerprint density at radius 3 is 2.54 bits per heavy atom. The Morgan fingerprint density at radius 1 is 1.19 bits per heavy atom. The monoisotopic (exact) mass is 375 g/mol. The topological polar surface area (TPSA) is 75.4 Å². The first-order valence-electron chi connectivity index (χ1n) is 8.30. The molecule has 7 heteroatoms. The van der Waals surface area contributed by atoms with Gasteiger partial charge in [-0.1, -0.05) is 35.9 Å². The number of amides is 2. The predicted octanol–water partition coefficient (Wildman–Crippen LogP) is 2.65.